The van der Waals surface area contributed by atoms with Crippen LogP contribution in [-0.4, -0.2) is 0 Å². The molecule has 0 aliphatic carbocycles. The quantitative estimate of drug-likeness (QED) is 0.754. The van der Waals surface area contributed by atoms with Crippen molar-refractivity contribution in [3.05, 3.63) is 70.2 Å². The molecule has 2 aromatic carbocycles. The number of hydrogen-bond donors (Lipinski definition) is 1. The van der Waals surface area contributed by atoms with Crippen LogP contribution in [0.2, 0.25) is 5.02 Å². The van der Waals surface area contributed by atoms with Crippen LogP contribution < -0.4 is 5.32 Å². The molecule has 0 amide bonds. The standard InChI is InChI=1S/C19H24ClN/c1-14(2)11-16-7-9-18(10-8-16)15(3)21-13-17-5-4-6-19(20)12-17/h4-10,12,14-15,21H,11,13H2,1-3H3. The lowest BCUT2D eigenvalue weighted by Gasteiger charge is -2.15. The predicted octanol–water partition coefficient (Wildman–Crippen LogP) is 5.39. The van der Waals surface area contributed by atoms with E-state index in [0.29, 0.717) is 12.0 Å². The number of halogens is 1. The van der Waals surface area contributed by atoms with Gasteiger partial charge in [-0.25, -0.2) is 0 Å². The molecule has 0 spiro atoms. The Labute approximate surface area is 133 Å². The molecule has 0 radical (unpaired) electrons. The molecule has 1 atom stereocenters. The van der Waals surface area contributed by atoms with E-state index in [4.69, 9.17) is 11.6 Å². The minimum atomic E-state index is 0.331. The number of benzene rings is 2. The first-order chi connectivity index (χ1) is 10.0. The number of hydrogen-bond acceptors (Lipinski definition) is 1. The Balaban J connectivity index is 1.92. The molecule has 0 saturated heterocycles. The van der Waals surface area contributed by atoms with E-state index in [1.165, 1.54) is 16.7 Å². The van der Waals surface area contributed by atoms with E-state index in [9.17, 15) is 0 Å². The van der Waals surface area contributed by atoms with Gasteiger partial charge in [-0.3, -0.25) is 0 Å². The highest BCUT2D eigenvalue weighted by Crippen LogP contribution is 2.17. The van der Waals surface area contributed by atoms with Crippen molar-refractivity contribution in [2.45, 2.75) is 39.8 Å². The highest BCUT2D eigenvalue weighted by atomic mass is 35.5. The van der Waals surface area contributed by atoms with Gasteiger partial charge in [0, 0.05) is 17.6 Å². The van der Waals surface area contributed by atoms with Gasteiger partial charge in [0.15, 0.2) is 0 Å². The SMILES string of the molecule is CC(C)Cc1ccc(C(C)NCc2cccc(Cl)c2)cc1. The second kappa shape index (κ2) is 7.63. The summed E-state index contributed by atoms with van der Waals surface area (Å²) in [5.41, 5.74) is 3.95. The summed E-state index contributed by atoms with van der Waals surface area (Å²) >= 11 is 6.01. The molecule has 0 saturated carbocycles. The Morgan fingerprint density at radius 2 is 1.67 bits per heavy atom. The maximum Gasteiger partial charge on any atom is 0.0409 e. The molecule has 0 bridgehead atoms. The van der Waals surface area contributed by atoms with Crippen molar-refractivity contribution in [1.29, 1.82) is 0 Å². The van der Waals surface area contributed by atoms with Crippen LogP contribution in [0.5, 0.6) is 0 Å². The van der Waals surface area contributed by atoms with E-state index in [1.807, 2.05) is 18.2 Å². The zero-order valence-corrected chi connectivity index (χ0v) is 13.8. The van der Waals surface area contributed by atoms with Gasteiger partial charge in [-0.2, -0.15) is 0 Å². The van der Waals surface area contributed by atoms with Crippen LogP contribution in [0.4, 0.5) is 0 Å². The Morgan fingerprint density at radius 3 is 2.29 bits per heavy atom. The van der Waals surface area contributed by atoms with Crippen molar-refractivity contribution in [3.8, 4) is 0 Å². The second-order valence-electron chi connectivity index (χ2n) is 6.07. The van der Waals surface area contributed by atoms with E-state index in [0.717, 1.165) is 18.0 Å². The molecular weight excluding hydrogens is 278 g/mol. The predicted molar refractivity (Wildman–Crippen MR) is 91.7 cm³/mol. The van der Waals surface area contributed by atoms with Gasteiger partial charge in [0.25, 0.3) is 0 Å². The topological polar surface area (TPSA) is 12.0 Å². The highest BCUT2D eigenvalue weighted by Gasteiger charge is 2.05. The largest absolute Gasteiger partial charge is 0.306 e. The van der Waals surface area contributed by atoms with Crippen molar-refractivity contribution in [2.24, 2.45) is 5.92 Å². The lowest BCUT2D eigenvalue weighted by molar-refractivity contribution is 0.574. The van der Waals surface area contributed by atoms with Gasteiger partial charge in [-0.1, -0.05) is 61.8 Å². The summed E-state index contributed by atoms with van der Waals surface area (Å²) in [6.45, 7) is 7.53. The first kappa shape index (κ1) is 16.1. The molecule has 0 heterocycles. The molecule has 112 valence electrons. The molecule has 1 nitrogen and oxygen atoms in total. The van der Waals surface area contributed by atoms with Crippen molar-refractivity contribution >= 4 is 11.6 Å². The lowest BCUT2D eigenvalue weighted by atomic mass is 10.00. The number of rotatable bonds is 6. The fraction of sp³-hybridized carbons (Fsp3) is 0.368. The van der Waals surface area contributed by atoms with Gasteiger partial charge in [-0.15, -0.1) is 0 Å². The third kappa shape index (κ3) is 5.18. The molecule has 21 heavy (non-hydrogen) atoms. The Bertz CT molecular complexity index is 560. The summed E-state index contributed by atoms with van der Waals surface area (Å²) in [7, 11) is 0. The molecule has 0 aromatic heterocycles. The molecule has 0 aliphatic rings. The van der Waals surface area contributed by atoms with Crippen molar-refractivity contribution in [3.63, 3.8) is 0 Å². The fourth-order valence-corrected chi connectivity index (χ4v) is 2.66. The van der Waals surface area contributed by atoms with Gasteiger partial charge in [0.2, 0.25) is 0 Å². The van der Waals surface area contributed by atoms with Gasteiger partial charge in [-0.05, 0) is 48.1 Å². The van der Waals surface area contributed by atoms with Gasteiger partial charge < -0.3 is 5.32 Å². The minimum Gasteiger partial charge on any atom is -0.306 e. The van der Waals surface area contributed by atoms with Crippen LogP contribution in [0.1, 0.15) is 43.5 Å². The maximum absolute atomic E-state index is 6.01. The van der Waals surface area contributed by atoms with Crippen LogP contribution in [0.15, 0.2) is 48.5 Å². The summed E-state index contributed by atoms with van der Waals surface area (Å²) in [6.07, 6.45) is 1.14. The molecule has 2 heteroatoms. The second-order valence-corrected chi connectivity index (χ2v) is 6.51. The Hall–Kier alpha value is -1.31. The van der Waals surface area contributed by atoms with Crippen LogP contribution >= 0.6 is 11.6 Å². The normalized spacial score (nSPS) is 12.6. The lowest BCUT2D eigenvalue weighted by Crippen LogP contribution is -2.18. The zero-order chi connectivity index (χ0) is 15.2. The Kier molecular flexibility index (Phi) is 5.84. The first-order valence-corrected chi connectivity index (χ1v) is 7.99. The van der Waals surface area contributed by atoms with E-state index in [2.05, 4.69) is 56.4 Å². The van der Waals surface area contributed by atoms with E-state index in [-0.39, 0.29) is 0 Å². The summed E-state index contributed by atoms with van der Waals surface area (Å²) in [6, 6.07) is 17.3. The zero-order valence-electron chi connectivity index (χ0n) is 13.1. The molecule has 0 fully saturated rings. The van der Waals surface area contributed by atoms with Gasteiger partial charge >= 0.3 is 0 Å². The van der Waals surface area contributed by atoms with E-state index >= 15 is 0 Å². The molecule has 1 N–H and O–H groups in total. The fourth-order valence-electron chi connectivity index (χ4n) is 2.45. The summed E-state index contributed by atoms with van der Waals surface area (Å²) < 4.78 is 0. The van der Waals surface area contributed by atoms with Crippen LogP contribution in [0, 0.1) is 5.92 Å². The monoisotopic (exact) mass is 301 g/mol. The smallest absolute Gasteiger partial charge is 0.0409 e. The molecule has 1 unspecified atom stereocenters. The molecular formula is C19H24ClN. The average Bonchev–Trinajstić information content (AvgIpc) is 2.45. The third-order valence-corrected chi connectivity index (χ3v) is 3.86. The van der Waals surface area contributed by atoms with Crippen LogP contribution in [-0.2, 0) is 13.0 Å². The van der Waals surface area contributed by atoms with Crippen molar-refractivity contribution in [1.82, 2.24) is 5.32 Å². The van der Waals surface area contributed by atoms with E-state index < -0.39 is 0 Å². The summed E-state index contributed by atoms with van der Waals surface area (Å²) in [5, 5.41) is 4.34. The van der Waals surface area contributed by atoms with Crippen molar-refractivity contribution < 1.29 is 0 Å². The van der Waals surface area contributed by atoms with E-state index in [1.54, 1.807) is 0 Å². The van der Waals surface area contributed by atoms with Crippen LogP contribution in [0.25, 0.3) is 0 Å². The van der Waals surface area contributed by atoms with Gasteiger partial charge in [0.1, 0.15) is 0 Å². The minimum absolute atomic E-state index is 0.331. The van der Waals surface area contributed by atoms with Gasteiger partial charge in [0.05, 0.1) is 0 Å². The Morgan fingerprint density at radius 1 is 0.952 bits per heavy atom. The van der Waals surface area contributed by atoms with Crippen molar-refractivity contribution in [2.75, 3.05) is 0 Å². The third-order valence-electron chi connectivity index (χ3n) is 3.63. The molecule has 0 aliphatic heterocycles. The molecule has 2 rings (SSSR count). The first-order valence-electron chi connectivity index (χ1n) is 7.61. The summed E-state index contributed by atoms with van der Waals surface area (Å²) in [4.78, 5) is 0. The summed E-state index contributed by atoms with van der Waals surface area (Å²) in [5.74, 6) is 0.703. The number of nitrogens with one attached hydrogen (secondary N) is 1. The highest BCUT2D eigenvalue weighted by molar-refractivity contribution is 6.30. The molecule has 2 aromatic rings. The maximum atomic E-state index is 6.01. The average molecular weight is 302 g/mol. The van der Waals surface area contributed by atoms with Crippen LogP contribution in [0.3, 0.4) is 0 Å².